The number of Topliss-reactive ketones (excluding diaryl/α,β-unsaturated/α-hetero) is 5. The molecule has 2 fully saturated rings. The fraction of sp³-hybridized carbons (Fsp3) is 0.708. The zero-order chi connectivity index (χ0) is 21.7. The van der Waals surface area contributed by atoms with Gasteiger partial charge in [-0.25, -0.2) is 0 Å². The van der Waals surface area contributed by atoms with Gasteiger partial charge in [-0.3, -0.25) is 24.0 Å². The van der Waals surface area contributed by atoms with Crippen LogP contribution in [0.1, 0.15) is 73.6 Å². The molecular weight excluding hydrogens is 368 g/mol. The summed E-state index contributed by atoms with van der Waals surface area (Å²) in [5.41, 5.74) is -2.44. The van der Waals surface area contributed by atoms with E-state index in [1.165, 1.54) is 6.92 Å². The average Bonchev–Trinajstić information content (AvgIpc) is 2.81. The van der Waals surface area contributed by atoms with Crippen LogP contribution in [0.5, 0.6) is 0 Å². The van der Waals surface area contributed by atoms with Crippen molar-refractivity contribution in [2.24, 2.45) is 33.5 Å². The Bertz CT molecular complexity index is 937. The number of allylic oxidation sites excluding steroid dienone is 2. The number of ketones is 5. The minimum atomic E-state index is -1.12. The largest absolute Gasteiger partial charge is 0.300 e. The summed E-state index contributed by atoms with van der Waals surface area (Å²) in [6, 6.07) is 0. The van der Waals surface area contributed by atoms with E-state index in [0.717, 1.165) is 0 Å². The van der Waals surface area contributed by atoms with Crippen LogP contribution in [0.25, 0.3) is 0 Å². The summed E-state index contributed by atoms with van der Waals surface area (Å²) in [6.45, 7) is 10.8. The smallest absolute Gasteiger partial charge is 0.160 e. The topological polar surface area (TPSA) is 85.3 Å². The van der Waals surface area contributed by atoms with Crippen LogP contribution < -0.4 is 0 Å². The van der Waals surface area contributed by atoms with Crippen LogP contribution in [0.3, 0.4) is 0 Å². The van der Waals surface area contributed by atoms with Crippen molar-refractivity contribution >= 4 is 28.9 Å². The molecule has 0 aliphatic heterocycles. The Labute approximate surface area is 171 Å². The number of hydrogen-bond acceptors (Lipinski definition) is 5. The molecule has 0 saturated heterocycles. The summed E-state index contributed by atoms with van der Waals surface area (Å²) in [5, 5.41) is 0. The first-order valence-electron chi connectivity index (χ1n) is 10.6. The van der Waals surface area contributed by atoms with Gasteiger partial charge in [0.1, 0.15) is 17.3 Å². The van der Waals surface area contributed by atoms with Gasteiger partial charge in [0, 0.05) is 59.0 Å². The van der Waals surface area contributed by atoms with Crippen molar-refractivity contribution in [3.05, 3.63) is 11.1 Å². The van der Waals surface area contributed by atoms with E-state index >= 15 is 0 Å². The highest BCUT2D eigenvalue weighted by atomic mass is 16.2. The Morgan fingerprint density at radius 2 is 1.48 bits per heavy atom. The van der Waals surface area contributed by atoms with E-state index in [4.69, 9.17) is 0 Å². The van der Waals surface area contributed by atoms with Crippen molar-refractivity contribution in [1.29, 1.82) is 0 Å². The van der Waals surface area contributed by atoms with Crippen LogP contribution >= 0.6 is 0 Å². The second-order valence-electron chi connectivity index (χ2n) is 10.9. The van der Waals surface area contributed by atoms with Crippen molar-refractivity contribution in [3.8, 4) is 0 Å². The van der Waals surface area contributed by atoms with Crippen LogP contribution in [-0.4, -0.2) is 28.9 Å². The van der Waals surface area contributed by atoms with E-state index < -0.39 is 27.6 Å². The fourth-order valence-electron chi connectivity index (χ4n) is 7.36. The summed E-state index contributed by atoms with van der Waals surface area (Å²) in [5.74, 6) is -1.18. The number of carbonyl (C=O) groups is 5. The first kappa shape index (κ1) is 20.4. The van der Waals surface area contributed by atoms with Gasteiger partial charge in [0.25, 0.3) is 0 Å². The predicted molar refractivity (Wildman–Crippen MR) is 106 cm³/mol. The van der Waals surface area contributed by atoms with E-state index in [2.05, 4.69) is 0 Å². The Kier molecular flexibility index (Phi) is 3.94. The monoisotopic (exact) mass is 398 g/mol. The van der Waals surface area contributed by atoms with E-state index in [1.54, 1.807) is 6.92 Å². The minimum Gasteiger partial charge on any atom is -0.300 e. The van der Waals surface area contributed by atoms with Crippen LogP contribution in [-0.2, 0) is 24.0 Å². The Morgan fingerprint density at radius 1 is 0.862 bits per heavy atom. The van der Waals surface area contributed by atoms with Gasteiger partial charge in [0.15, 0.2) is 11.6 Å². The summed E-state index contributed by atoms with van der Waals surface area (Å²) in [6.07, 6.45) is 1.25. The summed E-state index contributed by atoms with van der Waals surface area (Å²) < 4.78 is 0. The molecule has 4 aliphatic carbocycles. The van der Waals surface area contributed by atoms with Crippen molar-refractivity contribution in [2.45, 2.75) is 73.6 Å². The SMILES string of the molecule is CC(=O)[C@H]1CC(=O)[C@@]2(C)C3=C(C(=O)C[C@]12C)[C@@]1(C)CCC(=O)C(C)(C)[C@@H]1CC3=O. The third-order valence-electron chi connectivity index (χ3n) is 9.38. The molecule has 0 aromatic heterocycles. The first-order valence-corrected chi connectivity index (χ1v) is 10.6. The van der Waals surface area contributed by atoms with Gasteiger partial charge in [-0.15, -0.1) is 0 Å². The van der Waals surface area contributed by atoms with E-state index in [9.17, 15) is 24.0 Å². The van der Waals surface area contributed by atoms with E-state index in [1.807, 2.05) is 27.7 Å². The standard InChI is InChI=1S/C24H30O5/c1-12(25)13-9-18(29)24(6)20-14(26)10-16-21(2,3)17(28)7-8-22(16,4)19(20)15(27)11-23(13,24)5/h13,16H,7-11H2,1-6H3/t13-,16+,22+,23-,24+/m1/s1. The summed E-state index contributed by atoms with van der Waals surface area (Å²) in [4.78, 5) is 65.4. The molecule has 0 heterocycles. The molecule has 4 aliphatic rings. The molecule has 0 spiro atoms. The van der Waals surface area contributed by atoms with Crippen molar-refractivity contribution in [2.75, 3.05) is 0 Å². The van der Waals surface area contributed by atoms with Gasteiger partial charge < -0.3 is 0 Å². The lowest BCUT2D eigenvalue weighted by Crippen LogP contribution is -2.59. The molecule has 29 heavy (non-hydrogen) atoms. The van der Waals surface area contributed by atoms with E-state index in [0.29, 0.717) is 24.0 Å². The molecule has 0 radical (unpaired) electrons. The van der Waals surface area contributed by atoms with Gasteiger partial charge in [-0.05, 0) is 26.2 Å². The molecule has 156 valence electrons. The lowest BCUT2D eigenvalue weighted by atomic mass is 9.43. The second kappa shape index (κ2) is 5.61. The fourth-order valence-corrected chi connectivity index (χ4v) is 7.36. The van der Waals surface area contributed by atoms with E-state index in [-0.39, 0.29) is 54.1 Å². The number of carbonyl (C=O) groups excluding carboxylic acids is 5. The quantitative estimate of drug-likeness (QED) is 0.675. The molecule has 0 aromatic carbocycles. The normalized spacial score (nSPS) is 43.8. The highest BCUT2D eigenvalue weighted by Crippen LogP contribution is 2.68. The summed E-state index contributed by atoms with van der Waals surface area (Å²) in [7, 11) is 0. The zero-order valence-corrected chi connectivity index (χ0v) is 18.2. The average molecular weight is 398 g/mol. The molecule has 0 amide bonds. The third-order valence-corrected chi connectivity index (χ3v) is 9.38. The Balaban J connectivity index is 2.00. The molecule has 5 atom stereocenters. The van der Waals surface area contributed by atoms with Gasteiger partial charge in [0.2, 0.25) is 0 Å². The van der Waals surface area contributed by atoms with Gasteiger partial charge in [0.05, 0.1) is 5.41 Å². The third kappa shape index (κ3) is 2.14. The minimum absolute atomic E-state index is 0.0871. The first-order chi connectivity index (χ1) is 13.2. The molecule has 0 bridgehead atoms. The maximum atomic E-state index is 13.6. The highest BCUT2D eigenvalue weighted by molar-refractivity contribution is 6.17. The van der Waals surface area contributed by atoms with Crippen LogP contribution in [0.4, 0.5) is 0 Å². The lowest BCUT2D eigenvalue weighted by molar-refractivity contribution is -0.148. The number of rotatable bonds is 1. The molecule has 5 nitrogen and oxygen atoms in total. The van der Waals surface area contributed by atoms with Crippen LogP contribution in [0, 0.1) is 33.5 Å². The molecule has 5 heteroatoms. The van der Waals surface area contributed by atoms with Gasteiger partial charge in [-0.1, -0.05) is 27.7 Å². The van der Waals surface area contributed by atoms with Gasteiger partial charge >= 0.3 is 0 Å². The molecule has 2 saturated carbocycles. The maximum absolute atomic E-state index is 13.6. The van der Waals surface area contributed by atoms with Crippen molar-refractivity contribution in [1.82, 2.24) is 0 Å². The van der Waals surface area contributed by atoms with Crippen molar-refractivity contribution < 1.29 is 24.0 Å². The molecule has 4 rings (SSSR count). The highest BCUT2D eigenvalue weighted by Gasteiger charge is 2.70. The predicted octanol–water partition coefficient (Wildman–Crippen LogP) is 3.43. The molecule has 0 unspecified atom stereocenters. The lowest BCUT2D eigenvalue weighted by Gasteiger charge is -2.58. The second-order valence-corrected chi connectivity index (χ2v) is 10.9. The number of hydrogen-bond donors (Lipinski definition) is 0. The Morgan fingerprint density at radius 3 is 2.07 bits per heavy atom. The zero-order valence-electron chi connectivity index (χ0n) is 18.2. The summed E-state index contributed by atoms with van der Waals surface area (Å²) >= 11 is 0. The van der Waals surface area contributed by atoms with Gasteiger partial charge in [-0.2, -0.15) is 0 Å². The maximum Gasteiger partial charge on any atom is 0.160 e. The van der Waals surface area contributed by atoms with Crippen molar-refractivity contribution in [3.63, 3.8) is 0 Å². The molecular formula is C24H30O5. The van der Waals surface area contributed by atoms with Crippen LogP contribution in [0.2, 0.25) is 0 Å². The van der Waals surface area contributed by atoms with Crippen LogP contribution in [0.15, 0.2) is 11.1 Å². The molecule has 0 N–H and O–H groups in total. The Hall–Kier alpha value is -1.91. The molecule has 0 aromatic rings. The number of fused-ring (bicyclic) bond motifs is 4.